The molecule has 2 atom stereocenters. The number of nitrogens with zero attached hydrogens (tertiary/aromatic N) is 2. The van der Waals surface area contributed by atoms with Crippen molar-refractivity contribution >= 4 is 5.69 Å². The van der Waals surface area contributed by atoms with Crippen LogP contribution >= 0.6 is 0 Å². The second kappa shape index (κ2) is 7.63. The van der Waals surface area contributed by atoms with Gasteiger partial charge in [-0.05, 0) is 65.9 Å². The summed E-state index contributed by atoms with van der Waals surface area (Å²) in [7, 11) is 0. The zero-order chi connectivity index (χ0) is 19.9. The van der Waals surface area contributed by atoms with Gasteiger partial charge in [-0.25, -0.2) is 0 Å². The van der Waals surface area contributed by atoms with E-state index in [0.29, 0.717) is 28.6 Å². The minimum Gasteiger partial charge on any atom is -0.369 e. The monoisotopic (exact) mass is 386 g/mol. The molecule has 1 saturated heterocycles. The number of anilines is 1. The number of alkyl halides is 1. The zero-order valence-corrected chi connectivity index (χ0v) is 18.4. The molecule has 2 saturated carbocycles. The van der Waals surface area contributed by atoms with Crippen LogP contribution in [0.2, 0.25) is 0 Å². The number of hydrogen-bond acceptors (Lipinski definition) is 2. The van der Waals surface area contributed by atoms with E-state index in [1.54, 1.807) is 5.56 Å². The second-order valence-electron chi connectivity index (χ2n) is 11.4. The van der Waals surface area contributed by atoms with Crippen molar-refractivity contribution in [2.75, 3.05) is 44.3 Å². The summed E-state index contributed by atoms with van der Waals surface area (Å²) in [6, 6.07) is 9.17. The Morgan fingerprint density at radius 1 is 0.929 bits per heavy atom. The summed E-state index contributed by atoms with van der Waals surface area (Å²) in [6.07, 6.45) is 5.00. The highest BCUT2D eigenvalue weighted by atomic mass is 19.1. The van der Waals surface area contributed by atoms with Gasteiger partial charge in [-0.1, -0.05) is 45.9 Å². The topological polar surface area (TPSA) is 6.48 Å². The van der Waals surface area contributed by atoms with E-state index in [1.807, 2.05) is 0 Å². The van der Waals surface area contributed by atoms with E-state index in [4.69, 9.17) is 0 Å². The summed E-state index contributed by atoms with van der Waals surface area (Å²) in [4.78, 5) is 5.17. The molecule has 28 heavy (non-hydrogen) atoms. The van der Waals surface area contributed by atoms with Crippen LogP contribution in [0.4, 0.5) is 10.1 Å². The summed E-state index contributed by atoms with van der Waals surface area (Å²) in [6.45, 7) is 15.2. The maximum Gasteiger partial charge on any atom is 0.0925 e. The average molecular weight is 387 g/mol. The van der Waals surface area contributed by atoms with E-state index in [1.165, 1.54) is 24.9 Å². The maximum atomic E-state index is 12.8. The fourth-order valence-corrected chi connectivity index (χ4v) is 6.41. The first kappa shape index (κ1) is 20.2. The quantitative estimate of drug-likeness (QED) is 0.637. The molecule has 3 fully saturated rings. The first-order valence-electron chi connectivity index (χ1n) is 11.4. The molecule has 1 aromatic carbocycles. The lowest BCUT2D eigenvalue weighted by Crippen LogP contribution is -2.47. The lowest BCUT2D eigenvalue weighted by Gasteiger charge is -2.46. The van der Waals surface area contributed by atoms with Crippen LogP contribution in [0.15, 0.2) is 24.3 Å². The van der Waals surface area contributed by atoms with Crippen molar-refractivity contribution in [2.24, 2.45) is 22.7 Å². The Kier molecular flexibility index (Phi) is 5.50. The van der Waals surface area contributed by atoms with E-state index in [0.717, 1.165) is 39.1 Å². The van der Waals surface area contributed by atoms with Crippen LogP contribution in [0, 0.1) is 22.7 Å². The number of benzene rings is 1. The van der Waals surface area contributed by atoms with Crippen molar-refractivity contribution in [3.63, 3.8) is 0 Å². The molecule has 156 valence electrons. The molecule has 4 rings (SSSR count). The van der Waals surface area contributed by atoms with Crippen LogP contribution in [0.3, 0.4) is 0 Å². The first-order valence-corrected chi connectivity index (χ1v) is 11.4. The van der Waals surface area contributed by atoms with Crippen LogP contribution in [0.5, 0.6) is 0 Å². The standard InChI is InChI=1S/C25H39FN2/c1-24(2)14-21(15-25(3,4)18-24)22-7-5-6-8-23(22)28-11-9-27(10-12-28)17-20-13-19(20)16-26/h5-8,19-21H,9-18H2,1-4H3/t19-,20-/m0/s1. The number of piperazine rings is 1. The molecule has 2 aliphatic carbocycles. The van der Waals surface area contributed by atoms with Gasteiger partial charge in [-0.2, -0.15) is 0 Å². The zero-order valence-electron chi connectivity index (χ0n) is 18.4. The first-order chi connectivity index (χ1) is 13.3. The number of para-hydroxylation sites is 1. The highest BCUT2D eigenvalue weighted by Gasteiger charge is 2.40. The third-order valence-corrected chi connectivity index (χ3v) is 7.40. The second-order valence-corrected chi connectivity index (χ2v) is 11.4. The van der Waals surface area contributed by atoms with Crippen molar-refractivity contribution in [1.82, 2.24) is 4.90 Å². The number of halogens is 1. The van der Waals surface area contributed by atoms with Crippen molar-refractivity contribution < 1.29 is 4.39 Å². The van der Waals surface area contributed by atoms with Gasteiger partial charge in [0.2, 0.25) is 0 Å². The number of rotatable bonds is 5. The third kappa shape index (κ3) is 4.56. The van der Waals surface area contributed by atoms with Gasteiger partial charge in [0.15, 0.2) is 0 Å². The molecule has 0 bridgehead atoms. The van der Waals surface area contributed by atoms with Gasteiger partial charge in [0.05, 0.1) is 6.67 Å². The fraction of sp³-hybridized carbons (Fsp3) is 0.760. The molecule has 0 aromatic heterocycles. The van der Waals surface area contributed by atoms with Gasteiger partial charge in [-0.15, -0.1) is 0 Å². The molecule has 0 unspecified atom stereocenters. The van der Waals surface area contributed by atoms with E-state index in [2.05, 4.69) is 61.8 Å². The van der Waals surface area contributed by atoms with Gasteiger partial charge < -0.3 is 4.90 Å². The van der Waals surface area contributed by atoms with Gasteiger partial charge in [0.25, 0.3) is 0 Å². The Hall–Kier alpha value is -1.09. The summed E-state index contributed by atoms with van der Waals surface area (Å²) < 4.78 is 12.8. The highest BCUT2D eigenvalue weighted by molar-refractivity contribution is 5.56. The predicted octanol–water partition coefficient (Wildman–Crippen LogP) is 5.73. The molecule has 1 aliphatic heterocycles. The summed E-state index contributed by atoms with van der Waals surface area (Å²) >= 11 is 0. The summed E-state index contributed by atoms with van der Waals surface area (Å²) in [5.74, 6) is 1.64. The lowest BCUT2D eigenvalue weighted by molar-refractivity contribution is 0.0970. The molecule has 0 spiro atoms. The summed E-state index contributed by atoms with van der Waals surface area (Å²) in [5.41, 5.74) is 3.86. The molecule has 0 N–H and O–H groups in total. The van der Waals surface area contributed by atoms with Crippen molar-refractivity contribution in [1.29, 1.82) is 0 Å². The predicted molar refractivity (Wildman–Crippen MR) is 117 cm³/mol. The van der Waals surface area contributed by atoms with Crippen LogP contribution < -0.4 is 4.90 Å². The van der Waals surface area contributed by atoms with Gasteiger partial charge in [-0.3, -0.25) is 9.29 Å². The molecule has 1 heterocycles. The average Bonchev–Trinajstić information content (AvgIpc) is 3.38. The van der Waals surface area contributed by atoms with Gasteiger partial charge in [0, 0.05) is 38.4 Å². The molecule has 1 aromatic rings. The van der Waals surface area contributed by atoms with Gasteiger partial charge >= 0.3 is 0 Å². The van der Waals surface area contributed by atoms with Crippen molar-refractivity contribution in [2.45, 2.75) is 59.3 Å². The van der Waals surface area contributed by atoms with Crippen LogP contribution in [-0.4, -0.2) is 44.3 Å². The lowest BCUT2D eigenvalue weighted by atomic mass is 9.60. The molecule has 3 aliphatic rings. The minimum absolute atomic E-state index is 0.119. The highest BCUT2D eigenvalue weighted by Crippen LogP contribution is 2.53. The van der Waals surface area contributed by atoms with E-state index < -0.39 is 0 Å². The Morgan fingerprint density at radius 3 is 2.18 bits per heavy atom. The van der Waals surface area contributed by atoms with Gasteiger partial charge in [0.1, 0.15) is 0 Å². The molecule has 3 heteroatoms. The van der Waals surface area contributed by atoms with E-state index >= 15 is 0 Å². The Morgan fingerprint density at radius 2 is 1.57 bits per heavy atom. The molecule has 0 amide bonds. The summed E-state index contributed by atoms with van der Waals surface area (Å²) in [5, 5.41) is 0. The normalized spacial score (nSPS) is 30.4. The Labute approximate surface area is 171 Å². The van der Waals surface area contributed by atoms with E-state index in [-0.39, 0.29) is 6.67 Å². The smallest absolute Gasteiger partial charge is 0.0925 e. The van der Waals surface area contributed by atoms with Crippen molar-refractivity contribution in [3.05, 3.63) is 29.8 Å². The molecule has 2 nitrogen and oxygen atoms in total. The minimum atomic E-state index is -0.119. The Bertz CT molecular complexity index is 659. The Balaban J connectivity index is 1.44. The van der Waals surface area contributed by atoms with Crippen LogP contribution in [-0.2, 0) is 0 Å². The van der Waals surface area contributed by atoms with E-state index in [9.17, 15) is 4.39 Å². The van der Waals surface area contributed by atoms with Crippen LogP contribution in [0.25, 0.3) is 0 Å². The maximum absolute atomic E-state index is 12.8. The fourth-order valence-electron chi connectivity index (χ4n) is 6.41. The largest absolute Gasteiger partial charge is 0.369 e. The number of hydrogen-bond donors (Lipinski definition) is 0. The third-order valence-electron chi connectivity index (χ3n) is 7.40. The SMILES string of the molecule is CC1(C)CC(c2ccccc2N2CCN(C[C@@H]3C[C@H]3CF)CC2)CC(C)(C)C1. The van der Waals surface area contributed by atoms with Crippen molar-refractivity contribution in [3.8, 4) is 0 Å². The molecular formula is C25H39FN2. The molecule has 0 radical (unpaired) electrons. The molecular weight excluding hydrogens is 347 g/mol. The van der Waals surface area contributed by atoms with Crippen LogP contribution in [0.1, 0.15) is 64.9 Å².